The molecule has 0 bridgehead atoms. The zero-order valence-corrected chi connectivity index (χ0v) is 21.3. The number of carbonyl (C=O) groups excluding carboxylic acids is 1. The first kappa shape index (κ1) is 27.6. The number of imidazole rings is 1. The van der Waals surface area contributed by atoms with Gasteiger partial charge in [0.05, 0.1) is 10.7 Å². The van der Waals surface area contributed by atoms with Crippen LogP contribution in [0.25, 0.3) is 17.7 Å². The topological polar surface area (TPSA) is 61.9 Å². The molecule has 4 rings (SSSR count). The lowest BCUT2D eigenvalue weighted by atomic mass is 9.98. The minimum Gasteiger partial charge on any atom is -0.357 e. The van der Waals surface area contributed by atoms with Gasteiger partial charge >= 0.3 is 0 Å². The maximum atomic E-state index is 11.9. The molecule has 1 aliphatic carbocycles. The van der Waals surface area contributed by atoms with Crippen LogP contribution >= 0.6 is 0 Å². The smallest absolute Gasteiger partial charge is 0.242 e. The molecule has 0 unspecified atom stereocenters. The minimum atomic E-state index is -2.35. The first-order chi connectivity index (χ1) is 17.9. The Labute approximate surface area is 217 Å². The van der Waals surface area contributed by atoms with Crippen LogP contribution in [0.4, 0.5) is 14.6 Å². The number of aldehydes is 1. The number of terminal acetylenes is 1. The van der Waals surface area contributed by atoms with Crippen molar-refractivity contribution >= 4 is 29.8 Å². The van der Waals surface area contributed by atoms with E-state index in [1.54, 1.807) is 6.92 Å². The van der Waals surface area contributed by atoms with Crippen LogP contribution in [0.5, 0.6) is 0 Å². The molecule has 0 amide bonds. The second kappa shape index (κ2) is 13.9. The summed E-state index contributed by atoms with van der Waals surface area (Å²) in [6.45, 7) is 5.69. The lowest BCUT2D eigenvalue weighted by Crippen LogP contribution is -2.34. The van der Waals surface area contributed by atoms with E-state index in [9.17, 15) is 13.6 Å². The van der Waals surface area contributed by atoms with Gasteiger partial charge in [-0.1, -0.05) is 42.9 Å². The minimum absolute atomic E-state index is 0.222. The van der Waals surface area contributed by atoms with Crippen molar-refractivity contribution < 1.29 is 13.6 Å². The number of alkyl halides is 2. The summed E-state index contributed by atoms with van der Waals surface area (Å²) in [5, 5.41) is 1.09. The Kier molecular flexibility index (Phi) is 10.4. The molecule has 0 aromatic carbocycles. The molecule has 37 heavy (non-hydrogen) atoms. The molecule has 2 aliphatic rings. The van der Waals surface area contributed by atoms with Crippen LogP contribution in [0, 0.1) is 37.0 Å². The highest BCUT2D eigenvalue weighted by Gasteiger charge is 2.19. The fourth-order valence-electron chi connectivity index (χ4n) is 4.07. The summed E-state index contributed by atoms with van der Waals surface area (Å²) in [4.78, 5) is 24.6. The van der Waals surface area contributed by atoms with Crippen molar-refractivity contribution in [3.8, 4) is 24.2 Å². The molecule has 0 radical (unpaired) electrons. The Morgan fingerprint density at radius 1 is 1.30 bits per heavy atom. The van der Waals surface area contributed by atoms with E-state index >= 15 is 0 Å². The van der Waals surface area contributed by atoms with Crippen molar-refractivity contribution in [2.45, 2.75) is 52.4 Å². The average Bonchev–Trinajstić information content (AvgIpc) is 3.11. The Morgan fingerprint density at radius 2 is 2.08 bits per heavy atom. The summed E-state index contributed by atoms with van der Waals surface area (Å²) in [6.07, 6.45) is 16.2. The van der Waals surface area contributed by atoms with Gasteiger partial charge in [-0.05, 0) is 49.5 Å². The van der Waals surface area contributed by atoms with E-state index in [1.807, 2.05) is 6.20 Å². The number of nitrogens with zero attached hydrogens (tertiary/aromatic N) is 3. The van der Waals surface area contributed by atoms with Crippen molar-refractivity contribution in [2.24, 2.45) is 5.92 Å². The summed E-state index contributed by atoms with van der Waals surface area (Å²) >= 11 is 0. The molecule has 0 saturated carbocycles. The Balaban J connectivity index is 0.000000233. The van der Waals surface area contributed by atoms with Crippen LogP contribution in [0.3, 0.4) is 0 Å². The molecule has 0 atom stereocenters. The molecule has 1 N–H and O–H groups in total. The number of anilines is 1. The van der Waals surface area contributed by atoms with Gasteiger partial charge < -0.3 is 14.7 Å². The molecular weight excluding hydrogens is 470 g/mol. The highest BCUT2D eigenvalue weighted by Crippen LogP contribution is 2.24. The number of H-pyrrole nitrogens is 1. The quantitative estimate of drug-likeness (QED) is 0.475. The fraction of sp³-hybridized carbons (Fsp3) is 0.367. The number of rotatable bonds is 6. The molecule has 7 heteroatoms. The van der Waals surface area contributed by atoms with Crippen LogP contribution in [0.15, 0.2) is 36.1 Å². The summed E-state index contributed by atoms with van der Waals surface area (Å²) in [5.74, 6) is 10.6. The van der Waals surface area contributed by atoms with Gasteiger partial charge in [0.25, 0.3) is 0 Å². The molecule has 1 saturated heterocycles. The van der Waals surface area contributed by atoms with Gasteiger partial charge in [0.2, 0.25) is 6.43 Å². The fourth-order valence-corrected chi connectivity index (χ4v) is 4.07. The van der Waals surface area contributed by atoms with E-state index in [2.05, 4.69) is 68.8 Å². The average molecular weight is 503 g/mol. The van der Waals surface area contributed by atoms with Crippen molar-refractivity contribution in [3.63, 3.8) is 0 Å². The number of aromatic amines is 1. The highest BCUT2D eigenvalue weighted by molar-refractivity contribution is 5.71. The van der Waals surface area contributed by atoms with Gasteiger partial charge in [-0.3, -0.25) is 0 Å². The van der Waals surface area contributed by atoms with Crippen molar-refractivity contribution in [2.75, 3.05) is 18.0 Å². The van der Waals surface area contributed by atoms with Gasteiger partial charge in [-0.15, -0.1) is 6.42 Å². The van der Waals surface area contributed by atoms with E-state index < -0.39 is 6.43 Å². The van der Waals surface area contributed by atoms with Gasteiger partial charge in [0.1, 0.15) is 17.9 Å². The first-order valence-electron chi connectivity index (χ1n) is 12.5. The van der Waals surface area contributed by atoms with E-state index in [-0.39, 0.29) is 12.3 Å². The normalized spacial score (nSPS) is 16.6. The van der Waals surface area contributed by atoms with E-state index in [0.29, 0.717) is 16.5 Å². The van der Waals surface area contributed by atoms with Crippen molar-refractivity contribution in [1.82, 2.24) is 15.0 Å². The van der Waals surface area contributed by atoms with Gasteiger partial charge in [-0.25, -0.2) is 18.7 Å². The van der Waals surface area contributed by atoms with Crippen LogP contribution < -0.4 is 15.6 Å². The zero-order valence-electron chi connectivity index (χ0n) is 21.3. The van der Waals surface area contributed by atoms with Crippen LogP contribution in [-0.4, -0.2) is 40.8 Å². The predicted molar refractivity (Wildman–Crippen MR) is 145 cm³/mol. The molecule has 2 aromatic heterocycles. The van der Waals surface area contributed by atoms with Crippen molar-refractivity contribution in [1.29, 1.82) is 0 Å². The summed E-state index contributed by atoms with van der Waals surface area (Å²) < 4.78 is 23.9. The van der Waals surface area contributed by atoms with Gasteiger partial charge in [0, 0.05) is 49.7 Å². The first-order valence-corrected chi connectivity index (χ1v) is 12.5. The Morgan fingerprint density at radius 3 is 2.70 bits per heavy atom. The lowest BCUT2D eigenvalue weighted by molar-refractivity contribution is -0.111. The number of hydrogen-bond donors (Lipinski definition) is 1. The number of carbonyl (C=O) groups is 1. The highest BCUT2D eigenvalue weighted by atomic mass is 19.3. The molecule has 2 aromatic rings. The molecule has 1 aliphatic heterocycles. The third-order valence-corrected chi connectivity index (χ3v) is 6.17. The SMILES string of the molecule is C#C/C=c1/nc(C)[nH]/c1=C/CC(F)F.CCC1=CC=C(c2ccc(N3CCC(C=O)CC3)nc2)CC#C1. The maximum absolute atomic E-state index is 11.9. The van der Waals surface area contributed by atoms with E-state index in [4.69, 9.17) is 6.42 Å². The largest absolute Gasteiger partial charge is 0.357 e. The molecule has 3 heterocycles. The number of aryl methyl sites for hydroxylation is 1. The summed E-state index contributed by atoms with van der Waals surface area (Å²) in [5.41, 5.74) is 3.54. The van der Waals surface area contributed by atoms with Crippen LogP contribution in [0.2, 0.25) is 0 Å². The number of aromatic nitrogens is 3. The standard InChI is InChI=1S/C20H22N2O.C10H10F2N2/c1-2-16-4-3-5-18(7-6-16)19-8-9-20(21-14-19)22-12-10-17(15-23)11-13-22;1-3-4-8-9(5-6-10(11)12)14-7(2)13-8/h6-9,14-15,17H,2,5,10-13H2,1H3;1,4-5,10H,6H2,2H3,(H,13,14)/b;8-4+,9-5+. The van der Waals surface area contributed by atoms with Crippen LogP contribution in [0.1, 0.15) is 50.4 Å². The molecular formula is C30H32F2N4O. The number of allylic oxidation sites excluding steroid dienone is 4. The number of halogens is 2. The van der Waals surface area contributed by atoms with E-state index in [1.165, 1.54) is 23.3 Å². The van der Waals surface area contributed by atoms with E-state index in [0.717, 1.165) is 56.4 Å². The summed E-state index contributed by atoms with van der Waals surface area (Å²) in [6, 6.07) is 4.21. The van der Waals surface area contributed by atoms with Gasteiger partial charge in [0.15, 0.2) is 0 Å². The number of nitrogens with one attached hydrogen (secondary N) is 1. The predicted octanol–water partition coefficient (Wildman–Crippen LogP) is 4.19. The number of hydrogen-bond acceptors (Lipinski definition) is 4. The monoisotopic (exact) mass is 502 g/mol. The molecule has 0 spiro atoms. The zero-order chi connectivity index (χ0) is 26.6. The third kappa shape index (κ3) is 8.29. The maximum Gasteiger partial charge on any atom is 0.242 e. The Bertz CT molecular complexity index is 1340. The summed E-state index contributed by atoms with van der Waals surface area (Å²) in [7, 11) is 0. The third-order valence-electron chi connectivity index (χ3n) is 6.17. The number of pyridine rings is 1. The molecule has 1 fully saturated rings. The molecule has 5 nitrogen and oxygen atoms in total. The second-order valence-corrected chi connectivity index (χ2v) is 8.84. The number of piperidine rings is 1. The van der Waals surface area contributed by atoms with Gasteiger partial charge in [-0.2, -0.15) is 0 Å². The second-order valence-electron chi connectivity index (χ2n) is 8.84. The Hall–Kier alpha value is -3.97. The lowest BCUT2D eigenvalue weighted by Gasteiger charge is -2.30. The van der Waals surface area contributed by atoms with Crippen molar-refractivity contribution in [3.05, 3.63) is 58.1 Å². The van der Waals surface area contributed by atoms with Crippen LogP contribution in [-0.2, 0) is 4.79 Å². The molecule has 192 valence electrons.